The molecule has 2 aromatic rings. The summed E-state index contributed by atoms with van der Waals surface area (Å²) in [5.74, 6) is -0.735. The monoisotopic (exact) mass is 327 g/mol. The van der Waals surface area contributed by atoms with Gasteiger partial charge in [0.1, 0.15) is 12.3 Å². The summed E-state index contributed by atoms with van der Waals surface area (Å²) in [5, 5.41) is 9.10. The van der Waals surface area contributed by atoms with Gasteiger partial charge < -0.3 is 14.7 Å². The third kappa shape index (κ3) is 4.59. The molecule has 0 aliphatic carbocycles. The quantitative estimate of drug-likeness (QED) is 0.849. The minimum Gasteiger partial charge on any atom is -0.496 e. The van der Waals surface area contributed by atoms with E-state index in [4.69, 9.17) is 9.84 Å². The first-order valence-corrected chi connectivity index (χ1v) is 7.71. The smallest absolute Gasteiger partial charge is 0.323 e. The molecule has 0 spiro atoms. The van der Waals surface area contributed by atoms with Crippen molar-refractivity contribution < 1.29 is 19.4 Å². The Morgan fingerprint density at radius 3 is 2.46 bits per heavy atom. The van der Waals surface area contributed by atoms with Crippen LogP contribution >= 0.6 is 0 Å². The zero-order valence-corrected chi connectivity index (χ0v) is 13.9. The van der Waals surface area contributed by atoms with Crippen LogP contribution in [0.5, 0.6) is 5.75 Å². The summed E-state index contributed by atoms with van der Waals surface area (Å²) >= 11 is 0. The van der Waals surface area contributed by atoms with E-state index in [2.05, 4.69) is 0 Å². The fourth-order valence-corrected chi connectivity index (χ4v) is 2.46. The molecular formula is C19H21NO4. The summed E-state index contributed by atoms with van der Waals surface area (Å²) in [7, 11) is 1.54. The van der Waals surface area contributed by atoms with E-state index in [0.717, 1.165) is 11.1 Å². The molecule has 0 saturated heterocycles. The number of hydrogen-bond acceptors (Lipinski definition) is 3. The SMILES string of the molecule is COc1cc(C(=O)N(CCc2ccccc2)CC(=O)O)ccc1C. The number of aliphatic carboxylic acids is 1. The van der Waals surface area contributed by atoms with Crippen molar-refractivity contribution in [2.75, 3.05) is 20.2 Å². The maximum atomic E-state index is 12.7. The van der Waals surface area contributed by atoms with Crippen molar-refractivity contribution in [3.63, 3.8) is 0 Å². The van der Waals surface area contributed by atoms with Gasteiger partial charge >= 0.3 is 5.97 Å². The molecule has 24 heavy (non-hydrogen) atoms. The Labute approximate surface area is 141 Å². The number of aryl methyl sites for hydroxylation is 1. The van der Waals surface area contributed by atoms with Crippen molar-refractivity contribution in [3.05, 3.63) is 65.2 Å². The second-order valence-corrected chi connectivity index (χ2v) is 5.54. The highest BCUT2D eigenvalue weighted by atomic mass is 16.5. The molecule has 2 rings (SSSR count). The number of benzene rings is 2. The molecule has 0 bridgehead atoms. The zero-order valence-electron chi connectivity index (χ0n) is 13.9. The van der Waals surface area contributed by atoms with Gasteiger partial charge in [-0.15, -0.1) is 0 Å². The molecule has 2 aromatic carbocycles. The average Bonchev–Trinajstić information content (AvgIpc) is 2.59. The molecule has 126 valence electrons. The molecule has 5 nitrogen and oxygen atoms in total. The van der Waals surface area contributed by atoms with Gasteiger partial charge in [-0.3, -0.25) is 9.59 Å². The third-order valence-electron chi connectivity index (χ3n) is 3.78. The van der Waals surface area contributed by atoms with Crippen LogP contribution in [0.1, 0.15) is 21.5 Å². The Bertz CT molecular complexity index is 713. The highest BCUT2D eigenvalue weighted by Gasteiger charge is 2.19. The van der Waals surface area contributed by atoms with Gasteiger partial charge in [0.15, 0.2) is 0 Å². The minimum atomic E-state index is -1.03. The van der Waals surface area contributed by atoms with E-state index in [0.29, 0.717) is 24.3 Å². The molecule has 1 N–H and O–H groups in total. The molecule has 0 radical (unpaired) electrons. The zero-order chi connectivity index (χ0) is 17.5. The fraction of sp³-hybridized carbons (Fsp3) is 0.263. The first-order chi connectivity index (χ1) is 11.5. The largest absolute Gasteiger partial charge is 0.496 e. The number of nitrogens with zero attached hydrogens (tertiary/aromatic N) is 1. The number of methoxy groups -OCH3 is 1. The summed E-state index contributed by atoms with van der Waals surface area (Å²) < 4.78 is 5.24. The lowest BCUT2D eigenvalue weighted by Crippen LogP contribution is -2.37. The number of carbonyl (C=O) groups excluding carboxylic acids is 1. The highest BCUT2D eigenvalue weighted by Crippen LogP contribution is 2.20. The lowest BCUT2D eigenvalue weighted by Gasteiger charge is -2.21. The molecule has 0 aliphatic heterocycles. The summed E-state index contributed by atoms with van der Waals surface area (Å²) in [6.45, 7) is 1.89. The van der Waals surface area contributed by atoms with Crippen LogP contribution in [0.3, 0.4) is 0 Å². The Kier molecular flexibility index (Phi) is 5.95. The number of hydrogen-bond donors (Lipinski definition) is 1. The van der Waals surface area contributed by atoms with Gasteiger partial charge in [0.05, 0.1) is 7.11 Å². The third-order valence-corrected chi connectivity index (χ3v) is 3.78. The van der Waals surface area contributed by atoms with Crippen molar-refractivity contribution in [2.45, 2.75) is 13.3 Å². The van der Waals surface area contributed by atoms with E-state index in [1.165, 1.54) is 4.90 Å². The van der Waals surface area contributed by atoms with Crippen LogP contribution < -0.4 is 4.74 Å². The summed E-state index contributed by atoms with van der Waals surface area (Å²) in [4.78, 5) is 25.2. The Balaban J connectivity index is 2.17. The van der Waals surface area contributed by atoms with Crippen LogP contribution in [-0.4, -0.2) is 42.1 Å². The molecule has 5 heteroatoms. The Morgan fingerprint density at radius 2 is 1.83 bits per heavy atom. The number of carboxylic acids is 1. The van der Waals surface area contributed by atoms with E-state index in [1.54, 1.807) is 25.3 Å². The number of amides is 1. The second-order valence-electron chi connectivity index (χ2n) is 5.54. The topological polar surface area (TPSA) is 66.8 Å². The molecular weight excluding hydrogens is 306 g/mol. The normalized spacial score (nSPS) is 10.2. The van der Waals surface area contributed by atoms with Crippen LogP contribution in [-0.2, 0) is 11.2 Å². The van der Waals surface area contributed by atoms with Crippen molar-refractivity contribution in [1.29, 1.82) is 0 Å². The first kappa shape index (κ1) is 17.5. The van der Waals surface area contributed by atoms with Crippen molar-refractivity contribution >= 4 is 11.9 Å². The van der Waals surface area contributed by atoms with Crippen LogP contribution in [0, 0.1) is 6.92 Å². The molecule has 0 heterocycles. The van der Waals surface area contributed by atoms with E-state index in [9.17, 15) is 9.59 Å². The number of carboxylic acid groups (broad SMARTS) is 1. The standard InChI is InChI=1S/C19H21NO4/c1-14-8-9-16(12-17(14)24-2)19(23)20(13-18(21)22)11-10-15-6-4-3-5-7-15/h3-9,12H,10-11,13H2,1-2H3,(H,21,22). The predicted molar refractivity (Wildman–Crippen MR) is 91.4 cm³/mol. The van der Waals surface area contributed by atoms with Crippen LogP contribution in [0.25, 0.3) is 0 Å². The van der Waals surface area contributed by atoms with Gasteiger partial charge in [0, 0.05) is 12.1 Å². The Morgan fingerprint density at radius 1 is 1.12 bits per heavy atom. The molecule has 0 saturated carbocycles. The predicted octanol–water partition coefficient (Wildman–Crippen LogP) is 2.77. The van der Waals surface area contributed by atoms with Gasteiger partial charge in [-0.1, -0.05) is 36.4 Å². The van der Waals surface area contributed by atoms with Gasteiger partial charge in [-0.2, -0.15) is 0 Å². The lowest BCUT2D eigenvalue weighted by atomic mass is 10.1. The fourth-order valence-electron chi connectivity index (χ4n) is 2.46. The highest BCUT2D eigenvalue weighted by molar-refractivity contribution is 5.96. The number of carbonyl (C=O) groups is 2. The van der Waals surface area contributed by atoms with Gasteiger partial charge in [0.25, 0.3) is 5.91 Å². The van der Waals surface area contributed by atoms with E-state index >= 15 is 0 Å². The molecule has 0 aliphatic rings. The van der Waals surface area contributed by atoms with E-state index in [1.807, 2.05) is 37.3 Å². The van der Waals surface area contributed by atoms with E-state index < -0.39 is 5.97 Å². The van der Waals surface area contributed by atoms with Gasteiger partial charge in [0.2, 0.25) is 0 Å². The summed E-state index contributed by atoms with van der Waals surface area (Å²) in [6.07, 6.45) is 0.600. The van der Waals surface area contributed by atoms with Crippen molar-refractivity contribution in [2.24, 2.45) is 0 Å². The average molecular weight is 327 g/mol. The number of rotatable bonds is 7. The van der Waals surface area contributed by atoms with E-state index in [-0.39, 0.29) is 12.5 Å². The van der Waals surface area contributed by atoms with Crippen LogP contribution in [0.2, 0.25) is 0 Å². The molecule has 0 unspecified atom stereocenters. The molecule has 0 atom stereocenters. The molecule has 0 fully saturated rings. The van der Waals surface area contributed by atoms with Crippen LogP contribution in [0.4, 0.5) is 0 Å². The van der Waals surface area contributed by atoms with Crippen LogP contribution in [0.15, 0.2) is 48.5 Å². The minimum absolute atomic E-state index is 0.313. The summed E-state index contributed by atoms with van der Waals surface area (Å²) in [5.41, 5.74) is 2.40. The maximum Gasteiger partial charge on any atom is 0.323 e. The lowest BCUT2D eigenvalue weighted by molar-refractivity contribution is -0.137. The molecule has 0 aromatic heterocycles. The van der Waals surface area contributed by atoms with Crippen molar-refractivity contribution in [1.82, 2.24) is 4.90 Å². The number of ether oxygens (including phenoxy) is 1. The second kappa shape index (κ2) is 8.15. The summed E-state index contributed by atoms with van der Waals surface area (Å²) in [6, 6.07) is 14.8. The molecule has 1 amide bonds. The van der Waals surface area contributed by atoms with Crippen molar-refractivity contribution in [3.8, 4) is 5.75 Å². The Hall–Kier alpha value is -2.82. The van der Waals surface area contributed by atoms with Gasteiger partial charge in [-0.25, -0.2) is 0 Å². The first-order valence-electron chi connectivity index (χ1n) is 7.71. The van der Waals surface area contributed by atoms with Gasteiger partial charge in [-0.05, 0) is 36.6 Å². The maximum absolute atomic E-state index is 12.7.